The van der Waals surface area contributed by atoms with Gasteiger partial charge in [-0.3, -0.25) is 0 Å². The van der Waals surface area contributed by atoms with Gasteiger partial charge in [0.05, 0.1) is 0 Å². The molecule has 18 heavy (non-hydrogen) atoms. The van der Waals surface area contributed by atoms with E-state index in [1.807, 2.05) is 0 Å². The van der Waals surface area contributed by atoms with E-state index in [2.05, 4.69) is 20.8 Å². The number of rotatable bonds is 11. The fourth-order valence-corrected chi connectivity index (χ4v) is 2.54. The molecule has 0 saturated heterocycles. The zero-order valence-electron chi connectivity index (χ0n) is 12.5. The summed E-state index contributed by atoms with van der Waals surface area (Å²) in [6, 6.07) is 0. The van der Waals surface area contributed by atoms with Crippen LogP contribution in [0.25, 0.3) is 0 Å². The molecule has 0 aliphatic carbocycles. The van der Waals surface area contributed by atoms with E-state index in [0.717, 1.165) is 12.3 Å². The molecule has 0 amide bonds. The van der Waals surface area contributed by atoms with Crippen molar-refractivity contribution in [3.05, 3.63) is 0 Å². The summed E-state index contributed by atoms with van der Waals surface area (Å²) >= 11 is 5.77. The van der Waals surface area contributed by atoms with Gasteiger partial charge in [-0.1, -0.05) is 45.4 Å². The number of unbranched alkanes of at least 4 members (excludes halogenated alkanes) is 5. The molecule has 0 bridgehead atoms. The van der Waals surface area contributed by atoms with Gasteiger partial charge in [0, 0.05) is 11.4 Å². The standard InChI is InChI=1S/C15H32ClN.BrH/c1-4-5-6-7-8-9-11-14(12-10-13-16)15(2,3)17;/h14H,4-13,17H2,1-3H3;1H. The van der Waals surface area contributed by atoms with Gasteiger partial charge in [-0.25, -0.2) is 0 Å². The van der Waals surface area contributed by atoms with Crippen LogP contribution in [0, 0.1) is 5.92 Å². The highest BCUT2D eigenvalue weighted by Gasteiger charge is 2.23. The fourth-order valence-electron chi connectivity index (χ4n) is 2.38. The van der Waals surface area contributed by atoms with E-state index in [9.17, 15) is 0 Å². The minimum absolute atomic E-state index is 0. The highest BCUT2D eigenvalue weighted by Crippen LogP contribution is 2.26. The molecule has 1 unspecified atom stereocenters. The van der Waals surface area contributed by atoms with E-state index >= 15 is 0 Å². The molecule has 0 rings (SSSR count). The Morgan fingerprint density at radius 3 is 1.94 bits per heavy atom. The Kier molecular flexibility index (Phi) is 14.9. The normalized spacial score (nSPS) is 13.2. The Morgan fingerprint density at radius 2 is 1.44 bits per heavy atom. The number of alkyl halides is 1. The summed E-state index contributed by atoms with van der Waals surface area (Å²) in [5.74, 6) is 1.40. The Morgan fingerprint density at radius 1 is 0.944 bits per heavy atom. The number of hydrogen-bond acceptors (Lipinski definition) is 1. The van der Waals surface area contributed by atoms with Gasteiger partial charge in [0.15, 0.2) is 0 Å². The summed E-state index contributed by atoms with van der Waals surface area (Å²) in [6.07, 6.45) is 11.8. The van der Waals surface area contributed by atoms with Gasteiger partial charge in [-0.05, 0) is 39.0 Å². The van der Waals surface area contributed by atoms with E-state index in [1.54, 1.807) is 0 Å². The summed E-state index contributed by atoms with van der Waals surface area (Å²) in [7, 11) is 0. The van der Waals surface area contributed by atoms with E-state index in [0.29, 0.717) is 5.92 Å². The lowest BCUT2D eigenvalue weighted by molar-refractivity contribution is 0.273. The first-order valence-corrected chi connectivity index (χ1v) is 7.90. The third-order valence-electron chi connectivity index (χ3n) is 3.64. The van der Waals surface area contributed by atoms with Gasteiger partial charge in [0.1, 0.15) is 0 Å². The zero-order chi connectivity index (χ0) is 13.1. The van der Waals surface area contributed by atoms with Crippen LogP contribution in [-0.2, 0) is 0 Å². The summed E-state index contributed by atoms with van der Waals surface area (Å²) < 4.78 is 0. The monoisotopic (exact) mass is 341 g/mol. The molecule has 1 atom stereocenters. The maximum Gasteiger partial charge on any atom is 0.0223 e. The Balaban J connectivity index is 0. The largest absolute Gasteiger partial charge is 0.325 e. The summed E-state index contributed by atoms with van der Waals surface area (Å²) in [5.41, 5.74) is 6.19. The molecule has 0 aromatic carbocycles. The number of halogens is 2. The molecular formula is C15H33BrClN. The molecule has 2 N–H and O–H groups in total. The molecule has 0 heterocycles. The number of hydrogen-bond donors (Lipinski definition) is 1. The van der Waals surface area contributed by atoms with Gasteiger partial charge in [0.2, 0.25) is 0 Å². The van der Waals surface area contributed by atoms with Gasteiger partial charge in [-0.2, -0.15) is 0 Å². The van der Waals surface area contributed by atoms with Crippen molar-refractivity contribution in [1.29, 1.82) is 0 Å². The maximum absolute atomic E-state index is 6.24. The van der Waals surface area contributed by atoms with Gasteiger partial charge >= 0.3 is 0 Å². The molecule has 0 aliphatic rings. The smallest absolute Gasteiger partial charge is 0.0223 e. The lowest BCUT2D eigenvalue weighted by Crippen LogP contribution is -2.41. The van der Waals surface area contributed by atoms with E-state index in [4.69, 9.17) is 17.3 Å². The second kappa shape index (κ2) is 12.7. The molecule has 112 valence electrons. The SMILES string of the molecule is Br.CCCCCCCCC(CCCCl)C(C)(C)N. The van der Waals surface area contributed by atoms with Crippen LogP contribution in [0.5, 0.6) is 0 Å². The highest BCUT2D eigenvalue weighted by molar-refractivity contribution is 8.93. The number of nitrogens with two attached hydrogens (primary N) is 1. The van der Waals surface area contributed by atoms with Crippen molar-refractivity contribution >= 4 is 28.6 Å². The first kappa shape index (κ1) is 21.0. The van der Waals surface area contributed by atoms with Crippen molar-refractivity contribution in [2.45, 2.75) is 84.1 Å². The Hall–Kier alpha value is 0.730. The predicted octanol–water partition coefficient (Wildman–Crippen LogP) is 5.69. The van der Waals surface area contributed by atoms with Crippen LogP contribution in [0.4, 0.5) is 0 Å². The average molecular weight is 343 g/mol. The molecule has 0 spiro atoms. The van der Waals surface area contributed by atoms with Crippen LogP contribution in [0.1, 0.15) is 78.6 Å². The van der Waals surface area contributed by atoms with Crippen molar-refractivity contribution in [3.8, 4) is 0 Å². The summed E-state index contributed by atoms with van der Waals surface area (Å²) in [4.78, 5) is 0. The molecule has 0 aliphatic heterocycles. The van der Waals surface area contributed by atoms with Crippen LogP contribution in [-0.4, -0.2) is 11.4 Å². The fraction of sp³-hybridized carbons (Fsp3) is 1.00. The lowest BCUT2D eigenvalue weighted by Gasteiger charge is -2.30. The van der Waals surface area contributed by atoms with Crippen molar-refractivity contribution in [3.63, 3.8) is 0 Å². The first-order valence-electron chi connectivity index (χ1n) is 7.37. The van der Waals surface area contributed by atoms with Crippen LogP contribution in [0.2, 0.25) is 0 Å². The molecule has 0 aromatic rings. The predicted molar refractivity (Wildman–Crippen MR) is 90.0 cm³/mol. The van der Waals surface area contributed by atoms with E-state index in [-0.39, 0.29) is 22.5 Å². The van der Waals surface area contributed by atoms with Gasteiger partial charge < -0.3 is 5.73 Å². The Bertz CT molecular complexity index is 168. The second-order valence-electron chi connectivity index (χ2n) is 5.91. The molecule has 0 saturated carbocycles. The van der Waals surface area contributed by atoms with Crippen molar-refractivity contribution in [1.82, 2.24) is 0 Å². The molecule has 1 nitrogen and oxygen atoms in total. The second-order valence-corrected chi connectivity index (χ2v) is 6.28. The van der Waals surface area contributed by atoms with E-state index in [1.165, 1.54) is 51.4 Å². The topological polar surface area (TPSA) is 26.0 Å². The summed E-state index contributed by atoms with van der Waals surface area (Å²) in [5, 5.41) is 0. The van der Waals surface area contributed by atoms with Crippen LogP contribution >= 0.6 is 28.6 Å². The average Bonchev–Trinajstić information content (AvgIpc) is 2.25. The van der Waals surface area contributed by atoms with Gasteiger partial charge in [-0.15, -0.1) is 28.6 Å². The van der Waals surface area contributed by atoms with E-state index < -0.39 is 0 Å². The summed E-state index contributed by atoms with van der Waals surface area (Å²) in [6.45, 7) is 6.57. The van der Waals surface area contributed by atoms with Crippen molar-refractivity contribution in [2.75, 3.05) is 5.88 Å². The minimum atomic E-state index is -0.0462. The molecular weight excluding hydrogens is 310 g/mol. The molecule has 0 aromatic heterocycles. The van der Waals surface area contributed by atoms with Crippen LogP contribution < -0.4 is 5.73 Å². The molecule has 3 heteroatoms. The third kappa shape index (κ3) is 11.8. The minimum Gasteiger partial charge on any atom is -0.325 e. The van der Waals surface area contributed by atoms with Crippen molar-refractivity contribution in [2.24, 2.45) is 11.7 Å². The molecule has 0 radical (unpaired) electrons. The third-order valence-corrected chi connectivity index (χ3v) is 3.91. The lowest BCUT2D eigenvalue weighted by atomic mass is 9.81. The highest BCUT2D eigenvalue weighted by atomic mass is 79.9. The van der Waals surface area contributed by atoms with Crippen molar-refractivity contribution < 1.29 is 0 Å². The first-order chi connectivity index (χ1) is 8.02. The quantitative estimate of drug-likeness (QED) is 0.379. The Labute approximate surface area is 130 Å². The van der Waals surface area contributed by atoms with Gasteiger partial charge in [0.25, 0.3) is 0 Å². The zero-order valence-corrected chi connectivity index (χ0v) is 15.0. The van der Waals surface area contributed by atoms with Crippen LogP contribution in [0.15, 0.2) is 0 Å². The maximum atomic E-state index is 6.24. The molecule has 0 fully saturated rings. The van der Waals surface area contributed by atoms with Crippen LogP contribution in [0.3, 0.4) is 0 Å².